The van der Waals surface area contributed by atoms with Gasteiger partial charge in [-0.05, 0) is 60.4 Å². The van der Waals surface area contributed by atoms with E-state index in [1.807, 2.05) is 36.4 Å². The van der Waals surface area contributed by atoms with Crippen molar-refractivity contribution in [3.8, 4) is 11.5 Å². The topological polar surface area (TPSA) is 59.9 Å². The fourth-order valence-corrected chi connectivity index (χ4v) is 3.38. The molecule has 0 bridgehead atoms. The molecule has 1 atom stereocenters. The fraction of sp³-hybridized carbons (Fsp3) is 0.231. The van der Waals surface area contributed by atoms with Crippen molar-refractivity contribution in [2.24, 2.45) is 5.10 Å². The molecule has 3 aromatic rings. The Kier molecular flexibility index (Phi) is 8.87. The number of carbonyl (C=O) groups is 1. The number of ether oxygens (including phenoxy) is 2. The number of hydrazone groups is 1. The van der Waals surface area contributed by atoms with E-state index in [9.17, 15) is 4.79 Å². The third-order valence-electron chi connectivity index (χ3n) is 5.05. The summed E-state index contributed by atoms with van der Waals surface area (Å²) in [5.74, 6) is 1.75. The van der Waals surface area contributed by atoms with Gasteiger partial charge in [0.1, 0.15) is 24.7 Å². The van der Waals surface area contributed by atoms with Crippen molar-refractivity contribution in [3.05, 3.63) is 94.0 Å². The van der Waals surface area contributed by atoms with Crippen LogP contribution < -0.4 is 14.9 Å². The third-order valence-corrected chi connectivity index (χ3v) is 5.54. The van der Waals surface area contributed by atoms with Crippen LogP contribution in [-0.2, 0) is 0 Å². The van der Waals surface area contributed by atoms with E-state index in [0.717, 1.165) is 22.2 Å². The van der Waals surface area contributed by atoms with Crippen LogP contribution in [0.1, 0.15) is 47.7 Å². The fourth-order valence-electron chi connectivity index (χ4n) is 3.01. The van der Waals surface area contributed by atoms with Gasteiger partial charge < -0.3 is 9.47 Å². The molecule has 1 N–H and O–H groups in total. The number of nitrogens with one attached hydrogen (secondary N) is 1. The van der Waals surface area contributed by atoms with Gasteiger partial charge in [-0.2, -0.15) is 5.10 Å². The number of rotatable bonds is 10. The van der Waals surface area contributed by atoms with Gasteiger partial charge >= 0.3 is 0 Å². The number of halogens is 1. The number of carbonyl (C=O) groups excluding carboxylic acids is 1. The first-order valence-electron chi connectivity index (χ1n) is 10.6. The molecular formula is C26H27BrN2O3. The van der Waals surface area contributed by atoms with Crippen molar-refractivity contribution in [3.63, 3.8) is 0 Å². The Bertz CT molecular complexity index is 1040. The van der Waals surface area contributed by atoms with Crippen LogP contribution in [0.2, 0.25) is 0 Å². The van der Waals surface area contributed by atoms with Crippen LogP contribution in [0.5, 0.6) is 11.5 Å². The van der Waals surface area contributed by atoms with Gasteiger partial charge in [-0.15, -0.1) is 0 Å². The van der Waals surface area contributed by atoms with Crippen LogP contribution in [0.3, 0.4) is 0 Å². The number of amides is 1. The van der Waals surface area contributed by atoms with Crippen LogP contribution in [-0.4, -0.2) is 25.3 Å². The van der Waals surface area contributed by atoms with Crippen molar-refractivity contribution >= 4 is 28.1 Å². The molecule has 0 aliphatic rings. The first kappa shape index (κ1) is 23.5. The van der Waals surface area contributed by atoms with Gasteiger partial charge in [-0.1, -0.05) is 60.1 Å². The largest absolute Gasteiger partial charge is 0.490 e. The normalized spacial score (nSPS) is 11.8. The number of benzene rings is 3. The van der Waals surface area contributed by atoms with Gasteiger partial charge in [-0.25, -0.2) is 5.43 Å². The molecule has 3 rings (SSSR count). The summed E-state index contributed by atoms with van der Waals surface area (Å²) in [7, 11) is 0. The van der Waals surface area contributed by atoms with Crippen molar-refractivity contribution in [2.45, 2.75) is 26.2 Å². The zero-order valence-electron chi connectivity index (χ0n) is 18.3. The van der Waals surface area contributed by atoms with Gasteiger partial charge in [0.2, 0.25) is 0 Å². The Morgan fingerprint density at radius 1 is 1.03 bits per heavy atom. The van der Waals surface area contributed by atoms with Gasteiger partial charge in [0.25, 0.3) is 5.91 Å². The second-order valence-electron chi connectivity index (χ2n) is 7.32. The van der Waals surface area contributed by atoms with Crippen molar-refractivity contribution in [1.29, 1.82) is 0 Å². The molecular weight excluding hydrogens is 468 g/mol. The average Bonchev–Trinajstić information content (AvgIpc) is 2.83. The lowest BCUT2D eigenvalue weighted by molar-refractivity contribution is 0.0955. The Labute approximate surface area is 197 Å². The molecule has 0 heterocycles. The second kappa shape index (κ2) is 12.1. The second-order valence-corrected chi connectivity index (χ2v) is 8.24. The maximum atomic E-state index is 12.1. The van der Waals surface area contributed by atoms with E-state index in [2.05, 4.69) is 52.4 Å². The lowest BCUT2D eigenvalue weighted by atomic mass is 9.99. The molecule has 0 aliphatic carbocycles. The molecule has 0 spiro atoms. The molecule has 0 saturated carbocycles. The lowest BCUT2D eigenvalue weighted by Gasteiger charge is -2.12. The molecule has 0 saturated heterocycles. The molecule has 3 aromatic carbocycles. The van der Waals surface area contributed by atoms with Crippen LogP contribution >= 0.6 is 15.9 Å². The summed E-state index contributed by atoms with van der Waals surface area (Å²) in [5, 5.41) is 4.07. The standard InChI is InChI=1S/C26H27BrN2O3/c1-3-19(2)20-9-12-24(13-10-20)31-15-16-32-25-14-11-23(27)17-22(25)18-28-29-26(30)21-7-5-4-6-8-21/h4-14,17-19H,3,15-16H2,1-2H3,(H,29,30)/b28-18+. The average molecular weight is 495 g/mol. The summed E-state index contributed by atoms with van der Waals surface area (Å²) < 4.78 is 12.6. The van der Waals surface area contributed by atoms with E-state index in [1.165, 1.54) is 5.56 Å². The molecule has 1 amide bonds. The van der Waals surface area contributed by atoms with Crippen LogP contribution in [0.25, 0.3) is 0 Å². The SMILES string of the molecule is CCC(C)c1ccc(OCCOc2ccc(Br)cc2/C=N/NC(=O)c2ccccc2)cc1. The summed E-state index contributed by atoms with van der Waals surface area (Å²) in [4.78, 5) is 12.1. The number of nitrogens with zero attached hydrogens (tertiary/aromatic N) is 1. The summed E-state index contributed by atoms with van der Waals surface area (Å²) in [5.41, 5.74) is 5.14. The minimum Gasteiger partial charge on any atom is -0.490 e. The van der Waals surface area contributed by atoms with E-state index in [1.54, 1.807) is 30.5 Å². The van der Waals surface area contributed by atoms with Gasteiger partial charge in [-0.3, -0.25) is 4.79 Å². The monoisotopic (exact) mass is 494 g/mol. The minimum atomic E-state index is -0.271. The quantitative estimate of drug-likeness (QED) is 0.208. The summed E-state index contributed by atoms with van der Waals surface area (Å²) in [6.45, 7) is 5.20. The van der Waals surface area contributed by atoms with E-state index in [0.29, 0.717) is 30.4 Å². The van der Waals surface area contributed by atoms with Gasteiger partial charge in [0.15, 0.2) is 0 Å². The van der Waals surface area contributed by atoms with Crippen molar-refractivity contribution < 1.29 is 14.3 Å². The summed E-state index contributed by atoms with van der Waals surface area (Å²) in [6, 6.07) is 22.8. The first-order chi connectivity index (χ1) is 15.6. The minimum absolute atomic E-state index is 0.271. The first-order valence-corrected chi connectivity index (χ1v) is 11.4. The maximum absolute atomic E-state index is 12.1. The number of hydrogen-bond donors (Lipinski definition) is 1. The molecule has 0 aromatic heterocycles. The summed E-state index contributed by atoms with van der Waals surface area (Å²) in [6.07, 6.45) is 2.68. The molecule has 0 aliphatic heterocycles. The smallest absolute Gasteiger partial charge is 0.271 e. The molecule has 32 heavy (non-hydrogen) atoms. The Hall–Kier alpha value is -3.12. The van der Waals surface area contributed by atoms with Crippen LogP contribution in [0, 0.1) is 0 Å². The predicted molar refractivity (Wildman–Crippen MR) is 132 cm³/mol. The highest BCUT2D eigenvalue weighted by atomic mass is 79.9. The Balaban J connectivity index is 1.53. The molecule has 1 unspecified atom stereocenters. The molecule has 5 nitrogen and oxygen atoms in total. The Morgan fingerprint density at radius 3 is 2.47 bits per heavy atom. The molecule has 0 radical (unpaired) electrons. The maximum Gasteiger partial charge on any atom is 0.271 e. The van der Waals surface area contributed by atoms with E-state index < -0.39 is 0 Å². The zero-order valence-corrected chi connectivity index (χ0v) is 19.8. The zero-order chi connectivity index (χ0) is 22.8. The molecule has 166 valence electrons. The highest BCUT2D eigenvalue weighted by Crippen LogP contribution is 2.23. The van der Waals surface area contributed by atoms with E-state index in [4.69, 9.17) is 9.47 Å². The third kappa shape index (κ3) is 6.95. The van der Waals surface area contributed by atoms with Gasteiger partial charge in [0.05, 0.1) is 6.21 Å². The van der Waals surface area contributed by atoms with E-state index in [-0.39, 0.29) is 5.91 Å². The van der Waals surface area contributed by atoms with Crippen LogP contribution in [0.15, 0.2) is 82.4 Å². The van der Waals surface area contributed by atoms with Gasteiger partial charge in [0, 0.05) is 15.6 Å². The predicted octanol–water partition coefficient (Wildman–Crippen LogP) is 6.18. The Morgan fingerprint density at radius 2 is 1.75 bits per heavy atom. The highest BCUT2D eigenvalue weighted by molar-refractivity contribution is 9.10. The van der Waals surface area contributed by atoms with Crippen molar-refractivity contribution in [2.75, 3.05) is 13.2 Å². The number of hydrogen-bond acceptors (Lipinski definition) is 4. The van der Waals surface area contributed by atoms with E-state index >= 15 is 0 Å². The van der Waals surface area contributed by atoms with Crippen LogP contribution in [0.4, 0.5) is 0 Å². The molecule has 6 heteroatoms. The van der Waals surface area contributed by atoms with Crippen molar-refractivity contribution in [1.82, 2.24) is 5.43 Å². The highest BCUT2D eigenvalue weighted by Gasteiger charge is 2.06. The lowest BCUT2D eigenvalue weighted by Crippen LogP contribution is -2.17. The molecule has 0 fully saturated rings. The summed E-state index contributed by atoms with van der Waals surface area (Å²) >= 11 is 3.46.